The van der Waals surface area contributed by atoms with E-state index in [2.05, 4.69) is 25.5 Å². The van der Waals surface area contributed by atoms with Gasteiger partial charge in [0.2, 0.25) is 5.82 Å². The minimum atomic E-state index is -0.654. The van der Waals surface area contributed by atoms with Crippen LogP contribution < -0.4 is 10.2 Å². The van der Waals surface area contributed by atoms with E-state index >= 15 is 0 Å². The Morgan fingerprint density at radius 3 is 2.81 bits per heavy atom. The summed E-state index contributed by atoms with van der Waals surface area (Å²) in [7, 11) is 1.72. The molecule has 0 bridgehead atoms. The van der Waals surface area contributed by atoms with E-state index in [4.69, 9.17) is 0 Å². The van der Waals surface area contributed by atoms with Crippen LogP contribution in [-0.4, -0.2) is 54.4 Å². The zero-order valence-electron chi connectivity index (χ0n) is 17.5. The molecule has 10 nitrogen and oxygen atoms in total. The number of nitrogens with zero attached hydrogens (tertiary/aromatic N) is 7. The molecule has 1 aliphatic heterocycles. The number of aryl methyl sites for hydroxylation is 2. The van der Waals surface area contributed by atoms with Crippen molar-refractivity contribution < 1.29 is 9.59 Å². The Labute approximate surface area is 179 Å². The number of carbonyl (C=O) groups is 2. The third-order valence-electron chi connectivity index (χ3n) is 5.73. The minimum absolute atomic E-state index is 0.0410. The molecule has 1 N–H and O–H groups in total. The third-order valence-corrected chi connectivity index (χ3v) is 5.73. The fraction of sp³-hybridized carbons (Fsp3) is 0.429. The molecule has 0 saturated heterocycles. The molecule has 2 aliphatic rings. The summed E-state index contributed by atoms with van der Waals surface area (Å²) >= 11 is 0. The fourth-order valence-electron chi connectivity index (χ4n) is 3.88. The Balaban J connectivity index is 1.25. The Morgan fingerprint density at radius 1 is 1.19 bits per heavy atom. The molecule has 0 radical (unpaired) electrons. The Hall–Kier alpha value is -3.56. The Bertz CT molecular complexity index is 1150. The molecule has 3 aromatic rings. The lowest BCUT2D eigenvalue weighted by Crippen LogP contribution is -2.47. The van der Waals surface area contributed by atoms with Crippen molar-refractivity contribution in [3.8, 4) is 0 Å². The summed E-state index contributed by atoms with van der Waals surface area (Å²) < 4.78 is 3.46. The molecule has 4 heterocycles. The van der Waals surface area contributed by atoms with E-state index in [9.17, 15) is 9.59 Å². The summed E-state index contributed by atoms with van der Waals surface area (Å²) in [6, 6.07) is 5.19. The summed E-state index contributed by atoms with van der Waals surface area (Å²) in [6.07, 6.45) is 6.04. The first-order chi connectivity index (χ1) is 15.0. The van der Waals surface area contributed by atoms with Crippen LogP contribution in [-0.2, 0) is 17.9 Å². The highest BCUT2D eigenvalue weighted by molar-refractivity contribution is 6.00. The van der Waals surface area contributed by atoms with Crippen LogP contribution >= 0.6 is 0 Å². The second-order valence-electron chi connectivity index (χ2n) is 8.21. The molecular formula is C21H24N8O2. The topological polar surface area (TPSA) is 111 Å². The largest absolute Gasteiger partial charge is 0.337 e. The number of anilines is 1. The highest BCUT2D eigenvalue weighted by Gasteiger charge is 2.34. The van der Waals surface area contributed by atoms with Gasteiger partial charge in [0.15, 0.2) is 0 Å². The van der Waals surface area contributed by atoms with Gasteiger partial charge >= 0.3 is 0 Å². The van der Waals surface area contributed by atoms with Crippen molar-refractivity contribution in [1.82, 2.24) is 34.8 Å². The van der Waals surface area contributed by atoms with Crippen molar-refractivity contribution in [3.63, 3.8) is 0 Å². The van der Waals surface area contributed by atoms with Gasteiger partial charge in [0.25, 0.3) is 11.8 Å². The van der Waals surface area contributed by atoms with E-state index < -0.39 is 11.9 Å². The van der Waals surface area contributed by atoms with Gasteiger partial charge in [-0.15, -0.1) is 5.10 Å². The SMILES string of the molecule is Cc1cc(Cn2cnc(C(=O)NC3CCn4nc(C5CC5)cc4N(C)C3=O)n2)ccn1. The van der Waals surface area contributed by atoms with Crippen molar-refractivity contribution in [3.05, 3.63) is 53.5 Å². The van der Waals surface area contributed by atoms with Crippen molar-refractivity contribution in [2.45, 2.75) is 51.2 Å². The molecule has 3 aromatic heterocycles. The monoisotopic (exact) mass is 420 g/mol. The molecule has 10 heteroatoms. The lowest BCUT2D eigenvalue weighted by Gasteiger charge is -2.19. The van der Waals surface area contributed by atoms with E-state index in [0.29, 0.717) is 25.4 Å². The maximum Gasteiger partial charge on any atom is 0.291 e. The van der Waals surface area contributed by atoms with Gasteiger partial charge in [-0.1, -0.05) is 0 Å². The van der Waals surface area contributed by atoms with Crippen molar-refractivity contribution in [2.24, 2.45) is 0 Å². The normalized spacial score (nSPS) is 18.6. The number of hydrogen-bond donors (Lipinski definition) is 1. The summed E-state index contributed by atoms with van der Waals surface area (Å²) in [5.41, 5.74) is 2.98. The Morgan fingerprint density at radius 2 is 2.03 bits per heavy atom. The van der Waals surface area contributed by atoms with Gasteiger partial charge < -0.3 is 5.32 Å². The number of amides is 2. The van der Waals surface area contributed by atoms with Crippen LogP contribution in [0.25, 0.3) is 0 Å². The average Bonchev–Trinajstić information content (AvgIpc) is 3.37. The van der Waals surface area contributed by atoms with Gasteiger partial charge in [-0.3, -0.25) is 19.5 Å². The molecule has 1 fully saturated rings. The highest BCUT2D eigenvalue weighted by atomic mass is 16.2. The number of nitrogens with one attached hydrogen (secondary N) is 1. The predicted octanol–water partition coefficient (Wildman–Crippen LogP) is 1.27. The highest BCUT2D eigenvalue weighted by Crippen LogP contribution is 2.40. The van der Waals surface area contributed by atoms with Crippen LogP contribution in [0.3, 0.4) is 0 Å². The quantitative estimate of drug-likeness (QED) is 0.665. The molecule has 160 valence electrons. The van der Waals surface area contributed by atoms with E-state index in [1.807, 2.05) is 29.8 Å². The zero-order chi connectivity index (χ0) is 21.5. The lowest BCUT2D eigenvalue weighted by atomic mass is 10.2. The van der Waals surface area contributed by atoms with Crippen LogP contribution in [0.1, 0.15) is 52.8 Å². The molecule has 1 atom stereocenters. The number of rotatable bonds is 5. The van der Waals surface area contributed by atoms with E-state index in [1.54, 1.807) is 22.8 Å². The summed E-state index contributed by atoms with van der Waals surface area (Å²) in [6.45, 7) is 2.97. The second kappa shape index (κ2) is 7.60. The molecule has 1 saturated carbocycles. The van der Waals surface area contributed by atoms with Crippen LogP contribution in [0, 0.1) is 6.92 Å². The molecule has 2 amide bonds. The van der Waals surface area contributed by atoms with Gasteiger partial charge in [0.1, 0.15) is 18.2 Å². The van der Waals surface area contributed by atoms with Gasteiger partial charge in [0, 0.05) is 37.5 Å². The van der Waals surface area contributed by atoms with Crippen molar-refractivity contribution in [1.29, 1.82) is 0 Å². The smallest absolute Gasteiger partial charge is 0.291 e. The molecule has 1 unspecified atom stereocenters. The van der Waals surface area contributed by atoms with Gasteiger partial charge in [-0.2, -0.15) is 5.10 Å². The Kier molecular flexibility index (Phi) is 4.76. The molecule has 5 rings (SSSR count). The number of carbonyl (C=O) groups excluding carboxylic acids is 2. The molecule has 0 aromatic carbocycles. The summed E-state index contributed by atoms with van der Waals surface area (Å²) in [4.78, 5) is 35.5. The van der Waals surface area contributed by atoms with Crippen LogP contribution in [0.4, 0.5) is 5.82 Å². The predicted molar refractivity (Wildman–Crippen MR) is 112 cm³/mol. The van der Waals surface area contributed by atoms with Gasteiger partial charge in [-0.05, 0) is 43.9 Å². The van der Waals surface area contributed by atoms with Crippen molar-refractivity contribution >= 4 is 17.6 Å². The first-order valence-corrected chi connectivity index (χ1v) is 10.4. The first kappa shape index (κ1) is 19.4. The number of fused-ring (bicyclic) bond motifs is 1. The van der Waals surface area contributed by atoms with Crippen molar-refractivity contribution in [2.75, 3.05) is 11.9 Å². The van der Waals surface area contributed by atoms with Gasteiger partial charge in [0.05, 0.1) is 12.2 Å². The molecule has 0 spiro atoms. The number of aromatic nitrogens is 6. The number of likely N-dealkylation sites (N-methyl/N-ethyl adjacent to an activating group) is 1. The maximum atomic E-state index is 13.0. The summed E-state index contributed by atoms with van der Waals surface area (Å²) in [5, 5.41) is 11.7. The molecule has 31 heavy (non-hydrogen) atoms. The standard InChI is InChI=1S/C21H24N8O2/c1-13-9-14(5-7-22-13)11-28-12-23-19(26-28)20(30)24-16-6-8-29-18(27(2)21(16)31)10-17(25-29)15-3-4-15/h5,7,9-10,12,15-16H,3-4,6,8,11H2,1-2H3,(H,24,30). The van der Waals surface area contributed by atoms with Gasteiger partial charge in [-0.25, -0.2) is 14.3 Å². The lowest BCUT2D eigenvalue weighted by molar-refractivity contribution is -0.120. The van der Waals surface area contributed by atoms with E-state index in [0.717, 1.165) is 35.6 Å². The molecule has 1 aliphatic carbocycles. The zero-order valence-corrected chi connectivity index (χ0v) is 17.5. The van der Waals surface area contributed by atoms with Crippen LogP contribution in [0.15, 0.2) is 30.7 Å². The molecular weight excluding hydrogens is 396 g/mol. The minimum Gasteiger partial charge on any atom is -0.337 e. The third kappa shape index (κ3) is 3.92. The second-order valence-corrected chi connectivity index (χ2v) is 8.21. The maximum absolute atomic E-state index is 13.0. The first-order valence-electron chi connectivity index (χ1n) is 10.4. The van der Waals surface area contributed by atoms with Crippen LogP contribution in [0.5, 0.6) is 0 Å². The number of hydrogen-bond acceptors (Lipinski definition) is 6. The van der Waals surface area contributed by atoms with Crippen LogP contribution in [0.2, 0.25) is 0 Å². The summed E-state index contributed by atoms with van der Waals surface area (Å²) in [5.74, 6) is 0.712. The fourth-order valence-corrected chi connectivity index (χ4v) is 3.88. The number of pyridine rings is 1. The van der Waals surface area contributed by atoms with E-state index in [1.165, 1.54) is 6.33 Å². The average molecular weight is 420 g/mol. The van der Waals surface area contributed by atoms with E-state index in [-0.39, 0.29) is 11.7 Å².